The smallest absolute Gasteiger partial charge is 0.411 e. The van der Waals surface area contributed by atoms with Gasteiger partial charge in [0.1, 0.15) is 6.61 Å². The molecule has 0 bridgehead atoms. The molecule has 2 aromatic rings. The molecule has 19 heavy (non-hydrogen) atoms. The molecular weight excluding hydrogens is 285 g/mol. The van der Waals surface area contributed by atoms with Gasteiger partial charge in [0, 0.05) is 21.3 Å². The van der Waals surface area contributed by atoms with Crippen LogP contribution in [-0.2, 0) is 11.3 Å². The molecular formula is C14H11Cl2NO2. The molecule has 98 valence electrons. The average molecular weight is 296 g/mol. The third kappa shape index (κ3) is 4.16. The van der Waals surface area contributed by atoms with Crippen LogP contribution >= 0.6 is 23.2 Å². The van der Waals surface area contributed by atoms with Gasteiger partial charge in [-0.15, -0.1) is 0 Å². The Balaban J connectivity index is 1.90. The summed E-state index contributed by atoms with van der Waals surface area (Å²) < 4.78 is 5.08. The van der Waals surface area contributed by atoms with Crippen molar-refractivity contribution >= 4 is 35.0 Å². The number of para-hydroxylation sites is 1. The van der Waals surface area contributed by atoms with Crippen LogP contribution in [0.4, 0.5) is 10.5 Å². The predicted octanol–water partition coefficient (Wildman–Crippen LogP) is 4.74. The quantitative estimate of drug-likeness (QED) is 0.888. The lowest BCUT2D eigenvalue weighted by Crippen LogP contribution is -2.13. The Morgan fingerprint density at radius 3 is 2.53 bits per heavy atom. The Bertz CT molecular complexity index is 573. The van der Waals surface area contributed by atoms with Crippen LogP contribution in [0.3, 0.4) is 0 Å². The van der Waals surface area contributed by atoms with Gasteiger partial charge in [0.05, 0.1) is 0 Å². The zero-order valence-corrected chi connectivity index (χ0v) is 11.4. The van der Waals surface area contributed by atoms with E-state index in [-0.39, 0.29) is 6.61 Å². The molecule has 1 N–H and O–H groups in total. The Morgan fingerprint density at radius 2 is 1.84 bits per heavy atom. The topological polar surface area (TPSA) is 38.3 Å². The summed E-state index contributed by atoms with van der Waals surface area (Å²) >= 11 is 11.8. The molecule has 0 aliphatic rings. The molecule has 0 saturated carbocycles. The van der Waals surface area contributed by atoms with Crippen LogP contribution in [-0.4, -0.2) is 6.09 Å². The Labute approximate surface area is 121 Å². The molecule has 2 aromatic carbocycles. The molecule has 5 heteroatoms. The van der Waals surface area contributed by atoms with Gasteiger partial charge in [0.15, 0.2) is 0 Å². The number of anilines is 1. The zero-order valence-electron chi connectivity index (χ0n) is 9.90. The number of halogens is 2. The second kappa shape index (κ2) is 6.45. The van der Waals surface area contributed by atoms with Gasteiger partial charge in [-0.1, -0.05) is 47.5 Å². The second-order valence-corrected chi connectivity index (χ2v) is 4.65. The van der Waals surface area contributed by atoms with Gasteiger partial charge in [0.25, 0.3) is 0 Å². The first-order valence-corrected chi connectivity index (χ1v) is 6.33. The van der Waals surface area contributed by atoms with Crippen LogP contribution < -0.4 is 5.32 Å². The van der Waals surface area contributed by atoms with E-state index in [1.54, 1.807) is 30.3 Å². The van der Waals surface area contributed by atoms with E-state index >= 15 is 0 Å². The van der Waals surface area contributed by atoms with E-state index in [2.05, 4.69) is 5.32 Å². The van der Waals surface area contributed by atoms with Crippen molar-refractivity contribution in [1.82, 2.24) is 0 Å². The number of hydrogen-bond acceptors (Lipinski definition) is 2. The number of amides is 1. The highest BCUT2D eigenvalue weighted by molar-refractivity contribution is 6.35. The fourth-order valence-electron chi connectivity index (χ4n) is 1.46. The maximum Gasteiger partial charge on any atom is 0.411 e. The van der Waals surface area contributed by atoms with E-state index in [1.807, 2.05) is 18.2 Å². The zero-order chi connectivity index (χ0) is 13.7. The lowest BCUT2D eigenvalue weighted by Gasteiger charge is -2.08. The van der Waals surface area contributed by atoms with Crippen LogP contribution in [0, 0.1) is 0 Å². The fourth-order valence-corrected chi connectivity index (χ4v) is 1.92. The highest BCUT2D eigenvalue weighted by Crippen LogP contribution is 2.21. The molecule has 0 unspecified atom stereocenters. The first-order valence-electron chi connectivity index (χ1n) is 5.58. The van der Waals surface area contributed by atoms with E-state index in [0.29, 0.717) is 21.3 Å². The summed E-state index contributed by atoms with van der Waals surface area (Å²) in [5, 5.41) is 3.63. The highest BCUT2D eigenvalue weighted by atomic mass is 35.5. The third-order valence-electron chi connectivity index (χ3n) is 2.39. The lowest BCUT2D eigenvalue weighted by atomic mass is 10.2. The molecule has 0 aliphatic carbocycles. The van der Waals surface area contributed by atoms with E-state index in [1.165, 1.54) is 0 Å². The van der Waals surface area contributed by atoms with Gasteiger partial charge in [-0.05, 0) is 24.3 Å². The molecule has 0 aliphatic heterocycles. The number of carbonyl (C=O) groups is 1. The third-order valence-corrected chi connectivity index (χ3v) is 2.98. The highest BCUT2D eigenvalue weighted by Gasteiger charge is 2.06. The van der Waals surface area contributed by atoms with E-state index in [4.69, 9.17) is 27.9 Å². The van der Waals surface area contributed by atoms with Crippen LogP contribution in [0.5, 0.6) is 0 Å². The molecule has 0 heterocycles. The monoisotopic (exact) mass is 295 g/mol. The standard InChI is InChI=1S/C14H11Cl2NO2/c15-11-7-6-10(13(16)8-11)9-19-14(18)17-12-4-2-1-3-5-12/h1-8H,9H2,(H,17,18). The Hall–Kier alpha value is -1.71. The Kier molecular flexibility index (Phi) is 4.66. The van der Waals surface area contributed by atoms with Crippen molar-refractivity contribution in [3.8, 4) is 0 Å². The molecule has 0 fully saturated rings. The summed E-state index contributed by atoms with van der Waals surface area (Å²) in [6.45, 7) is 0.0919. The summed E-state index contributed by atoms with van der Waals surface area (Å²) in [7, 11) is 0. The van der Waals surface area contributed by atoms with Crippen molar-refractivity contribution in [2.24, 2.45) is 0 Å². The minimum Gasteiger partial charge on any atom is -0.444 e. The summed E-state index contributed by atoms with van der Waals surface area (Å²) in [5.74, 6) is 0. The van der Waals surface area contributed by atoms with E-state index in [9.17, 15) is 4.79 Å². The van der Waals surface area contributed by atoms with Gasteiger partial charge in [0.2, 0.25) is 0 Å². The molecule has 0 aromatic heterocycles. The summed E-state index contributed by atoms with van der Waals surface area (Å²) in [4.78, 5) is 11.6. The molecule has 0 saturated heterocycles. The maximum absolute atomic E-state index is 11.6. The number of rotatable bonds is 3. The average Bonchev–Trinajstić information content (AvgIpc) is 2.39. The minimum absolute atomic E-state index is 0.0919. The molecule has 2 rings (SSSR count). The lowest BCUT2D eigenvalue weighted by molar-refractivity contribution is 0.155. The number of carbonyl (C=O) groups excluding carboxylic acids is 1. The first kappa shape index (κ1) is 13.7. The normalized spacial score (nSPS) is 10.0. The van der Waals surface area contributed by atoms with Gasteiger partial charge in [-0.2, -0.15) is 0 Å². The number of benzene rings is 2. The number of hydrogen-bond donors (Lipinski definition) is 1. The van der Waals surface area contributed by atoms with Gasteiger partial charge in [-0.25, -0.2) is 4.79 Å². The minimum atomic E-state index is -0.530. The summed E-state index contributed by atoms with van der Waals surface area (Å²) in [6, 6.07) is 14.1. The van der Waals surface area contributed by atoms with E-state index < -0.39 is 6.09 Å². The van der Waals surface area contributed by atoms with Crippen molar-refractivity contribution in [2.45, 2.75) is 6.61 Å². The maximum atomic E-state index is 11.6. The number of ether oxygens (including phenoxy) is 1. The van der Waals surface area contributed by atoms with Crippen molar-refractivity contribution in [3.63, 3.8) is 0 Å². The second-order valence-electron chi connectivity index (χ2n) is 3.80. The largest absolute Gasteiger partial charge is 0.444 e. The molecule has 1 amide bonds. The van der Waals surface area contributed by atoms with Crippen molar-refractivity contribution in [3.05, 3.63) is 64.1 Å². The summed E-state index contributed by atoms with van der Waals surface area (Å²) in [5.41, 5.74) is 1.38. The molecule has 0 spiro atoms. The number of nitrogens with one attached hydrogen (secondary N) is 1. The van der Waals surface area contributed by atoms with Crippen LogP contribution in [0.15, 0.2) is 48.5 Å². The van der Waals surface area contributed by atoms with Crippen molar-refractivity contribution in [2.75, 3.05) is 5.32 Å². The SMILES string of the molecule is O=C(Nc1ccccc1)OCc1ccc(Cl)cc1Cl. The van der Waals surface area contributed by atoms with Crippen molar-refractivity contribution in [1.29, 1.82) is 0 Å². The van der Waals surface area contributed by atoms with Crippen LogP contribution in [0.1, 0.15) is 5.56 Å². The van der Waals surface area contributed by atoms with Gasteiger partial charge in [-0.3, -0.25) is 5.32 Å². The van der Waals surface area contributed by atoms with E-state index in [0.717, 1.165) is 0 Å². The molecule has 3 nitrogen and oxygen atoms in total. The van der Waals surface area contributed by atoms with Gasteiger partial charge >= 0.3 is 6.09 Å². The predicted molar refractivity (Wildman–Crippen MR) is 76.7 cm³/mol. The van der Waals surface area contributed by atoms with Crippen LogP contribution in [0.2, 0.25) is 10.0 Å². The van der Waals surface area contributed by atoms with Gasteiger partial charge < -0.3 is 4.74 Å². The Morgan fingerprint density at radius 1 is 1.11 bits per heavy atom. The van der Waals surface area contributed by atoms with Crippen LogP contribution in [0.25, 0.3) is 0 Å². The molecule has 0 atom stereocenters. The summed E-state index contributed by atoms with van der Waals surface area (Å²) in [6.07, 6.45) is -0.530. The first-order chi connectivity index (χ1) is 9.15. The molecule has 0 radical (unpaired) electrons. The fraction of sp³-hybridized carbons (Fsp3) is 0.0714. The van der Waals surface area contributed by atoms with Crippen molar-refractivity contribution < 1.29 is 9.53 Å².